The third-order valence-electron chi connectivity index (χ3n) is 3.32. The number of nitrogens with zero attached hydrogens (tertiary/aromatic N) is 3. The van der Waals surface area contributed by atoms with Crippen molar-refractivity contribution in [2.24, 2.45) is 0 Å². The van der Waals surface area contributed by atoms with E-state index in [-0.39, 0.29) is 16.5 Å². The molecule has 26 heavy (non-hydrogen) atoms. The van der Waals surface area contributed by atoms with Crippen LogP contribution in [0.3, 0.4) is 0 Å². The number of phenolic OH excluding ortho intramolecular Hbond substituents is 1. The van der Waals surface area contributed by atoms with Crippen LogP contribution in [0.4, 0.5) is 5.13 Å². The van der Waals surface area contributed by atoms with Gasteiger partial charge in [-0.15, -0.1) is 10.2 Å². The van der Waals surface area contributed by atoms with E-state index >= 15 is 0 Å². The van der Waals surface area contributed by atoms with Crippen molar-refractivity contribution in [2.45, 2.75) is 0 Å². The van der Waals surface area contributed by atoms with Gasteiger partial charge in [0.2, 0.25) is 5.13 Å². The van der Waals surface area contributed by atoms with Crippen LogP contribution < -0.4 is 5.32 Å². The predicted molar refractivity (Wildman–Crippen MR) is 101 cm³/mol. The normalized spacial score (nSPS) is 11.0. The zero-order valence-electron chi connectivity index (χ0n) is 13.2. The van der Waals surface area contributed by atoms with Crippen molar-refractivity contribution in [3.05, 3.63) is 64.7 Å². The number of aromatic nitrogens is 2. The van der Waals surface area contributed by atoms with Gasteiger partial charge in [0.05, 0.1) is 5.02 Å². The molecule has 0 aliphatic heterocycles. The summed E-state index contributed by atoms with van der Waals surface area (Å²) >= 11 is 7.29. The Bertz CT molecular complexity index is 1020. The Morgan fingerprint density at radius 3 is 2.62 bits per heavy atom. The second-order valence-corrected chi connectivity index (χ2v) is 6.49. The summed E-state index contributed by atoms with van der Waals surface area (Å²) in [6, 6.07) is 15.2. The van der Waals surface area contributed by atoms with Gasteiger partial charge in [0.1, 0.15) is 17.4 Å². The molecule has 0 unspecified atom stereocenters. The van der Waals surface area contributed by atoms with Gasteiger partial charge in [0, 0.05) is 5.56 Å². The zero-order valence-corrected chi connectivity index (χ0v) is 14.8. The largest absolute Gasteiger partial charge is 0.508 e. The quantitative estimate of drug-likeness (QED) is 0.522. The third kappa shape index (κ3) is 4.06. The monoisotopic (exact) mass is 382 g/mol. The zero-order chi connectivity index (χ0) is 18.5. The Morgan fingerprint density at radius 1 is 1.19 bits per heavy atom. The second kappa shape index (κ2) is 7.78. The predicted octanol–water partition coefficient (Wildman–Crippen LogP) is 4.11. The number of benzene rings is 2. The van der Waals surface area contributed by atoms with E-state index in [0.717, 1.165) is 11.3 Å². The number of phenols is 1. The minimum Gasteiger partial charge on any atom is -0.508 e. The maximum absolute atomic E-state index is 12.3. The van der Waals surface area contributed by atoms with Crippen molar-refractivity contribution >= 4 is 40.1 Å². The fourth-order valence-electron chi connectivity index (χ4n) is 2.07. The lowest BCUT2D eigenvalue weighted by atomic mass is 10.1. The Balaban J connectivity index is 1.78. The van der Waals surface area contributed by atoms with Crippen molar-refractivity contribution in [1.29, 1.82) is 5.26 Å². The van der Waals surface area contributed by atoms with Crippen LogP contribution >= 0.6 is 22.9 Å². The number of anilines is 1. The van der Waals surface area contributed by atoms with Crippen molar-refractivity contribution in [2.75, 3.05) is 5.32 Å². The van der Waals surface area contributed by atoms with Gasteiger partial charge in [-0.1, -0.05) is 53.3 Å². The van der Waals surface area contributed by atoms with Crippen LogP contribution in [-0.2, 0) is 4.79 Å². The molecule has 2 aromatic carbocycles. The maximum Gasteiger partial charge on any atom is 0.268 e. The van der Waals surface area contributed by atoms with Gasteiger partial charge in [-0.25, -0.2) is 0 Å². The molecular formula is C18H11ClN4O2S. The lowest BCUT2D eigenvalue weighted by Crippen LogP contribution is -2.13. The summed E-state index contributed by atoms with van der Waals surface area (Å²) in [7, 11) is 0. The van der Waals surface area contributed by atoms with E-state index in [1.807, 2.05) is 18.2 Å². The van der Waals surface area contributed by atoms with Gasteiger partial charge in [0.25, 0.3) is 5.91 Å². The lowest BCUT2D eigenvalue weighted by molar-refractivity contribution is -0.112. The summed E-state index contributed by atoms with van der Waals surface area (Å²) in [5.41, 5.74) is 1.24. The molecule has 0 aliphatic rings. The number of rotatable bonds is 4. The number of hydrogen-bond donors (Lipinski definition) is 2. The van der Waals surface area contributed by atoms with Crippen LogP contribution in [0, 0.1) is 11.3 Å². The van der Waals surface area contributed by atoms with E-state index in [9.17, 15) is 15.2 Å². The van der Waals surface area contributed by atoms with Crippen LogP contribution in [0.2, 0.25) is 5.02 Å². The van der Waals surface area contributed by atoms with Crippen LogP contribution in [0.5, 0.6) is 5.75 Å². The molecule has 3 aromatic rings. The van der Waals surface area contributed by atoms with Gasteiger partial charge < -0.3 is 5.11 Å². The Labute approximate surface area is 158 Å². The molecule has 0 bridgehead atoms. The molecule has 0 radical (unpaired) electrons. The number of amides is 1. The van der Waals surface area contributed by atoms with E-state index < -0.39 is 5.91 Å². The minimum atomic E-state index is -0.595. The van der Waals surface area contributed by atoms with Crippen LogP contribution in [0.1, 0.15) is 5.56 Å². The molecule has 8 heteroatoms. The summed E-state index contributed by atoms with van der Waals surface area (Å²) in [5.74, 6) is -0.492. The first-order valence-electron chi connectivity index (χ1n) is 7.37. The van der Waals surface area contributed by atoms with Crippen LogP contribution in [0.25, 0.3) is 16.6 Å². The third-order valence-corrected chi connectivity index (χ3v) is 4.52. The average molecular weight is 383 g/mol. The summed E-state index contributed by atoms with van der Waals surface area (Å²) in [4.78, 5) is 12.3. The van der Waals surface area contributed by atoms with E-state index in [1.165, 1.54) is 18.2 Å². The van der Waals surface area contributed by atoms with E-state index in [4.69, 9.17) is 11.6 Å². The maximum atomic E-state index is 12.3. The van der Waals surface area contributed by atoms with Crippen molar-refractivity contribution in [3.8, 4) is 22.4 Å². The molecule has 3 rings (SSSR count). The lowest BCUT2D eigenvalue weighted by Gasteiger charge is -2.00. The summed E-state index contributed by atoms with van der Waals surface area (Å²) in [6.07, 6.45) is 1.42. The number of aromatic hydroxyl groups is 1. The highest BCUT2D eigenvalue weighted by atomic mass is 35.5. The number of carbonyl (C=O) groups is 1. The molecule has 2 N–H and O–H groups in total. The number of halogens is 1. The van der Waals surface area contributed by atoms with Gasteiger partial charge >= 0.3 is 0 Å². The van der Waals surface area contributed by atoms with E-state index in [2.05, 4.69) is 15.5 Å². The molecule has 1 amide bonds. The molecule has 128 valence electrons. The molecular weight excluding hydrogens is 372 g/mol. The fraction of sp³-hybridized carbons (Fsp3) is 0. The van der Waals surface area contributed by atoms with Gasteiger partial charge in [0.15, 0.2) is 5.01 Å². The molecule has 0 atom stereocenters. The van der Waals surface area contributed by atoms with Gasteiger partial charge in [-0.2, -0.15) is 5.26 Å². The van der Waals surface area contributed by atoms with Crippen molar-refractivity contribution in [1.82, 2.24) is 10.2 Å². The van der Waals surface area contributed by atoms with Crippen LogP contribution in [0.15, 0.2) is 54.1 Å². The Kier molecular flexibility index (Phi) is 5.27. The van der Waals surface area contributed by atoms with Crippen LogP contribution in [-0.4, -0.2) is 21.2 Å². The second-order valence-electron chi connectivity index (χ2n) is 5.11. The molecule has 0 spiro atoms. The highest BCUT2D eigenvalue weighted by Crippen LogP contribution is 2.31. The minimum absolute atomic E-state index is 0.0924. The molecule has 6 nitrogen and oxygen atoms in total. The molecule has 0 saturated heterocycles. The first-order chi connectivity index (χ1) is 12.6. The topological polar surface area (TPSA) is 98.9 Å². The number of hydrogen-bond acceptors (Lipinski definition) is 6. The molecule has 0 aliphatic carbocycles. The summed E-state index contributed by atoms with van der Waals surface area (Å²) < 4.78 is 0. The SMILES string of the molecule is N#C/C(=C/c1ccc(O)cc1)C(=O)Nc1nnc(-c2ccccc2Cl)s1. The van der Waals surface area contributed by atoms with Crippen molar-refractivity contribution in [3.63, 3.8) is 0 Å². The first kappa shape index (κ1) is 17.6. The number of nitrogens with one attached hydrogen (secondary N) is 1. The highest BCUT2D eigenvalue weighted by molar-refractivity contribution is 7.18. The highest BCUT2D eigenvalue weighted by Gasteiger charge is 2.14. The van der Waals surface area contributed by atoms with E-state index in [0.29, 0.717) is 21.2 Å². The van der Waals surface area contributed by atoms with E-state index in [1.54, 1.807) is 24.3 Å². The smallest absolute Gasteiger partial charge is 0.268 e. The summed E-state index contributed by atoms with van der Waals surface area (Å²) in [6.45, 7) is 0. The number of carbonyl (C=O) groups excluding carboxylic acids is 1. The molecule has 0 fully saturated rings. The Hall–Kier alpha value is -3.21. The van der Waals surface area contributed by atoms with Gasteiger partial charge in [-0.3, -0.25) is 10.1 Å². The molecule has 1 heterocycles. The fourth-order valence-corrected chi connectivity index (χ4v) is 3.13. The molecule has 1 aromatic heterocycles. The number of nitriles is 1. The summed E-state index contributed by atoms with van der Waals surface area (Å²) in [5, 5.41) is 30.4. The Morgan fingerprint density at radius 2 is 1.92 bits per heavy atom. The van der Waals surface area contributed by atoms with Crippen molar-refractivity contribution < 1.29 is 9.90 Å². The van der Waals surface area contributed by atoms with Gasteiger partial charge in [-0.05, 0) is 29.8 Å². The average Bonchev–Trinajstić information content (AvgIpc) is 3.09. The molecule has 0 saturated carbocycles. The standard InChI is InChI=1S/C18H11ClN4O2S/c19-15-4-2-1-3-14(15)17-22-23-18(26-17)21-16(25)12(10-20)9-11-5-7-13(24)8-6-11/h1-9,24H,(H,21,23,25)/b12-9-. The first-order valence-corrected chi connectivity index (χ1v) is 8.57.